The molecule has 3 N–H and O–H groups in total. The minimum Gasteiger partial charge on any atom is -0.368 e. The summed E-state index contributed by atoms with van der Waals surface area (Å²) in [5, 5.41) is 3.04. The first kappa shape index (κ1) is 16.4. The molecule has 0 spiro atoms. The van der Waals surface area contributed by atoms with Crippen molar-refractivity contribution in [3.63, 3.8) is 0 Å². The van der Waals surface area contributed by atoms with Gasteiger partial charge in [0, 0.05) is 12.6 Å². The van der Waals surface area contributed by atoms with Gasteiger partial charge in [-0.1, -0.05) is 20.8 Å². The van der Waals surface area contributed by atoms with Crippen molar-refractivity contribution in [2.45, 2.75) is 52.6 Å². The van der Waals surface area contributed by atoms with E-state index in [-0.39, 0.29) is 5.91 Å². The van der Waals surface area contributed by atoms with Gasteiger partial charge >= 0.3 is 0 Å². The lowest BCUT2D eigenvalue weighted by Crippen LogP contribution is -2.55. The van der Waals surface area contributed by atoms with E-state index in [2.05, 4.69) is 37.9 Å². The molecule has 0 heterocycles. The summed E-state index contributed by atoms with van der Waals surface area (Å²) in [5.41, 5.74) is 4.83. The van der Waals surface area contributed by atoms with E-state index in [1.807, 2.05) is 6.92 Å². The maximum atomic E-state index is 11.5. The lowest BCUT2D eigenvalue weighted by Gasteiger charge is -2.35. The Hall–Kier alpha value is -0.610. The van der Waals surface area contributed by atoms with Gasteiger partial charge in [-0.2, -0.15) is 0 Å². The first-order chi connectivity index (χ1) is 7.76. The van der Waals surface area contributed by atoms with E-state index in [9.17, 15) is 4.79 Å². The van der Waals surface area contributed by atoms with Crippen LogP contribution in [-0.2, 0) is 4.79 Å². The van der Waals surface area contributed by atoms with Crippen molar-refractivity contribution in [1.82, 2.24) is 10.2 Å². The van der Waals surface area contributed by atoms with E-state index in [4.69, 9.17) is 5.73 Å². The Morgan fingerprint density at radius 2 is 1.94 bits per heavy atom. The van der Waals surface area contributed by atoms with Gasteiger partial charge in [-0.3, -0.25) is 4.79 Å². The van der Waals surface area contributed by atoms with E-state index in [0.717, 1.165) is 19.5 Å². The zero-order valence-electron chi connectivity index (χ0n) is 12.2. The zero-order valence-corrected chi connectivity index (χ0v) is 12.2. The van der Waals surface area contributed by atoms with E-state index >= 15 is 0 Å². The van der Waals surface area contributed by atoms with Gasteiger partial charge in [-0.15, -0.1) is 0 Å². The molecule has 0 fully saturated rings. The molecule has 0 aliphatic rings. The van der Waals surface area contributed by atoms with E-state index in [1.54, 1.807) is 7.05 Å². The minimum atomic E-state index is -0.621. The van der Waals surface area contributed by atoms with Gasteiger partial charge in [-0.25, -0.2) is 0 Å². The molecule has 1 amide bonds. The Kier molecular flexibility index (Phi) is 6.72. The number of nitrogens with zero attached hydrogens (tertiary/aromatic N) is 1. The fourth-order valence-electron chi connectivity index (χ4n) is 2.14. The third-order valence-corrected chi connectivity index (χ3v) is 3.43. The van der Waals surface area contributed by atoms with Crippen LogP contribution in [0.3, 0.4) is 0 Å². The monoisotopic (exact) mass is 243 g/mol. The van der Waals surface area contributed by atoms with E-state index in [1.165, 1.54) is 0 Å². The molecule has 0 aromatic carbocycles. The molecule has 2 atom stereocenters. The Bertz CT molecular complexity index is 243. The smallest absolute Gasteiger partial charge is 0.237 e. The van der Waals surface area contributed by atoms with Crippen molar-refractivity contribution in [2.24, 2.45) is 11.7 Å². The van der Waals surface area contributed by atoms with Gasteiger partial charge < -0.3 is 16.0 Å². The first-order valence-electron chi connectivity index (χ1n) is 6.49. The molecule has 0 saturated heterocycles. The minimum absolute atomic E-state index is 0.285. The molecule has 4 nitrogen and oxygen atoms in total. The molecule has 2 unspecified atom stereocenters. The maximum absolute atomic E-state index is 11.5. The number of hydrogen-bond donors (Lipinski definition) is 2. The Morgan fingerprint density at radius 3 is 2.24 bits per heavy atom. The summed E-state index contributed by atoms with van der Waals surface area (Å²) in [6, 6.07) is 0.340. The number of likely N-dealkylation sites (N-methyl/N-ethyl adjacent to an activating group) is 1. The highest BCUT2D eigenvalue weighted by atomic mass is 16.1. The number of carbonyl (C=O) groups excluding carboxylic acids is 1. The third kappa shape index (κ3) is 5.04. The van der Waals surface area contributed by atoms with Crippen LogP contribution in [0.1, 0.15) is 41.0 Å². The second kappa shape index (κ2) is 6.97. The molecule has 0 aromatic rings. The largest absolute Gasteiger partial charge is 0.368 e. The van der Waals surface area contributed by atoms with Crippen LogP contribution in [0.4, 0.5) is 0 Å². The average Bonchev–Trinajstić information content (AvgIpc) is 2.24. The molecule has 0 radical (unpaired) electrons. The number of rotatable bonds is 8. The van der Waals surface area contributed by atoms with Crippen LogP contribution in [0.15, 0.2) is 0 Å². The Labute approximate surface area is 106 Å². The number of nitrogens with two attached hydrogens (primary N) is 1. The van der Waals surface area contributed by atoms with Gasteiger partial charge in [0.05, 0.1) is 5.54 Å². The van der Waals surface area contributed by atoms with Gasteiger partial charge in [0.2, 0.25) is 5.91 Å². The number of primary amides is 1. The fraction of sp³-hybridized carbons (Fsp3) is 0.923. The number of nitrogens with one attached hydrogen (secondary N) is 1. The molecule has 17 heavy (non-hydrogen) atoms. The molecular weight excluding hydrogens is 214 g/mol. The standard InChI is InChI=1S/C13H29N3O/c1-7-16(9-10(2)3)11(4)8-13(5,15-6)12(14)17/h10-11,15H,7-9H2,1-6H3,(H2,14,17). The zero-order chi connectivity index (χ0) is 13.6. The van der Waals surface area contributed by atoms with Gasteiger partial charge in [0.1, 0.15) is 0 Å². The molecule has 0 saturated carbocycles. The number of amides is 1. The summed E-state index contributed by atoms with van der Waals surface area (Å²) in [4.78, 5) is 13.9. The average molecular weight is 243 g/mol. The summed E-state index contributed by atoms with van der Waals surface area (Å²) >= 11 is 0. The van der Waals surface area contributed by atoms with Crippen molar-refractivity contribution in [1.29, 1.82) is 0 Å². The molecule has 0 aromatic heterocycles. The topological polar surface area (TPSA) is 58.4 Å². The molecule has 0 aliphatic heterocycles. The molecule has 0 bridgehead atoms. The van der Waals surface area contributed by atoms with Crippen LogP contribution in [-0.4, -0.2) is 42.5 Å². The van der Waals surface area contributed by atoms with Crippen LogP contribution in [0.2, 0.25) is 0 Å². The van der Waals surface area contributed by atoms with Crippen molar-refractivity contribution >= 4 is 5.91 Å². The summed E-state index contributed by atoms with van der Waals surface area (Å²) in [6.45, 7) is 12.6. The summed E-state index contributed by atoms with van der Waals surface area (Å²) in [7, 11) is 1.79. The molecule has 0 rings (SSSR count). The predicted molar refractivity (Wildman–Crippen MR) is 72.8 cm³/mol. The van der Waals surface area contributed by atoms with Crippen LogP contribution in [0, 0.1) is 5.92 Å². The third-order valence-electron chi connectivity index (χ3n) is 3.43. The van der Waals surface area contributed by atoms with Crippen molar-refractivity contribution in [3.8, 4) is 0 Å². The van der Waals surface area contributed by atoms with Crippen LogP contribution in [0.5, 0.6) is 0 Å². The highest BCUT2D eigenvalue weighted by molar-refractivity contribution is 5.84. The van der Waals surface area contributed by atoms with Crippen LogP contribution in [0.25, 0.3) is 0 Å². The maximum Gasteiger partial charge on any atom is 0.237 e. The Balaban J connectivity index is 4.58. The quantitative estimate of drug-likeness (QED) is 0.673. The normalized spacial score (nSPS) is 17.2. The lowest BCUT2D eigenvalue weighted by molar-refractivity contribution is -0.124. The van der Waals surface area contributed by atoms with Gasteiger partial charge in [0.25, 0.3) is 0 Å². The highest BCUT2D eigenvalue weighted by Gasteiger charge is 2.32. The fourth-order valence-corrected chi connectivity index (χ4v) is 2.14. The second-order valence-corrected chi connectivity index (χ2v) is 5.48. The van der Waals surface area contributed by atoms with Crippen molar-refractivity contribution < 1.29 is 4.79 Å². The predicted octanol–water partition coefficient (Wildman–Crippen LogP) is 1.21. The van der Waals surface area contributed by atoms with E-state index < -0.39 is 5.54 Å². The Morgan fingerprint density at radius 1 is 1.41 bits per heavy atom. The lowest BCUT2D eigenvalue weighted by atomic mass is 9.92. The molecule has 4 heteroatoms. The summed E-state index contributed by atoms with van der Waals surface area (Å²) < 4.78 is 0. The van der Waals surface area contributed by atoms with Crippen molar-refractivity contribution in [3.05, 3.63) is 0 Å². The number of carbonyl (C=O) groups is 1. The van der Waals surface area contributed by atoms with Gasteiger partial charge in [0.15, 0.2) is 0 Å². The van der Waals surface area contributed by atoms with Crippen LogP contribution >= 0.6 is 0 Å². The second-order valence-electron chi connectivity index (χ2n) is 5.48. The summed E-state index contributed by atoms with van der Waals surface area (Å²) in [6.07, 6.45) is 0.736. The summed E-state index contributed by atoms with van der Waals surface area (Å²) in [5.74, 6) is 0.347. The molecule has 102 valence electrons. The molecule has 0 aliphatic carbocycles. The highest BCUT2D eigenvalue weighted by Crippen LogP contribution is 2.16. The van der Waals surface area contributed by atoms with E-state index in [0.29, 0.717) is 12.0 Å². The first-order valence-corrected chi connectivity index (χ1v) is 6.49. The van der Waals surface area contributed by atoms with Crippen LogP contribution < -0.4 is 11.1 Å². The van der Waals surface area contributed by atoms with Gasteiger partial charge in [-0.05, 0) is 39.8 Å². The number of hydrogen-bond acceptors (Lipinski definition) is 3. The van der Waals surface area contributed by atoms with Crippen molar-refractivity contribution in [2.75, 3.05) is 20.1 Å². The molecular formula is C13H29N3O. The SMILES string of the molecule is CCN(CC(C)C)C(C)CC(C)(NC)C(N)=O.